The average molecular weight is 245 g/mol. The SMILES string of the molecule is CCOC=C(C#N)CCCc1ccc(OC)cc1. The van der Waals surface area contributed by atoms with E-state index in [9.17, 15) is 0 Å². The molecule has 0 aromatic heterocycles. The van der Waals surface area contributed by atoms with Gasteiger partial charge in [0.15, 0.2) is 0 Å². The van der Waals surface area contributed by atoms with Gasteiger partial charge in [-0.15, -0.1) is 0 Å². The highest BCUT2D eigenvalue weighted by Crippen LogP contribution is 2.14. The minimum Gasteiger partial charge on any atom is -0.500 e. The Bertz CT molecular complexity index is 415. The van der Waals surface area contributed by atoms with Crippen molar-refractivity contribution in [1.82, 2.24) is 0 Å². The van der Waals surface area contributed by atoms with Crippen molar-refractivity contribution in [3.63, 3.8) is 0 Å². The molecular weight excluding hydrogens is 226 g/mol. The van der Waals surface area contributed by atoms with E-state index in [0.29, 0.717) is 12.2 Å². The van der Waals surface area contributed by atoms with Gasteiger partial charge in [0.25, 0.3) is 0 Å². The maximum Gasteiger partial charge on any atom is 0.118 e. The van der Waals surface area contributed by atoms with Crippen LogP contribution in [0.4, 0.5) is 0 Å². The molecule has 0 aliphatic heterocycles. The van der Waals surface area contributed by atoms with Crippen molar-refractivity contribution >= 4 is 0 Å². The Kier molecular flexibility index (Phi) is 6.42. The molecule has 0 N–H and O–H groups in total. The molecule has 3 heteroatoms. The van der Waals surface area contributed by atoms with E-state index in [0.717, 1.165) is 25.0 Å². The monoisotopic (exact) mass is 245 g/mol. The molecule has 1 rings (SSSR count). The zero-order valence-corrected chi connectivity index (χ0v) is 11.0. The van der Waals surface area contributed by atoms with Gasteiger partial charge in [-0.2, -0.15) is 5.26 Å². The number of nitriles is 1. The van der Waals surface area contributed by atoms with E-state index in [4.69, 9.17) is 14.7 Å². The van der Waals surface area contributed by atoms with Crippen LogP contribution in [0.25, 0.3) is 0 Å². The van der Waals surface area contributed by atoms with Crippen molar-refractivity contribution in [3.8, 4) is 11.8 Å². The van der Waals surface area contributed by atoms with Crippen molar-refractivity contribution in [3.05, 3.63) is 41.7 Å². The molecule has 0 bridgehead atoms. The van der Waals surface area contributed by atoms with E-state index in [1.54, 1.807) is 13.4 Å². The predicted molar refractivity (Wildman–Crippen MR) is 71.3 cm³/mol. The summed E-state index contributed by atoms with van der Waals surface area (Å²) in [7, 11) is 1.66. The van der Waals surface area contributed by atoms with Crippen molar-refractivity contribution < 1.29 is 9.47 Å². The third-order valence-electron chi connectivity index (χ3n) is 2.61. The quantitative estimate of drug-likeness (QED) is 0.545. The maximum absolute atomic E-state index is 8.90. The standard InChI is InChI=1S/C15H19NO2/c1-3-18-12-14(11-16)6-4-5-13-7-9-15(17-2)10-8-13/h7-10,12H,3-6H2,1-2H3. The first kappa shape index (κ1) is 14.1. The molecule has 96 valence electrons. The molecular formula is C15H19NO2. The van der Waals surface area contributed by atoms with E-state index < -0.39 is 0 Å². The Morgan fingerprint density at radius 2 is 2.06 bits per heavy atom. The third kappa shape index (κ3) is 4.92. The van der Waals surface area contributed by atoms with Crippen molar-refractivity contribution in [2.45, 2.75) is 26.2 Å². The van der Waals surface area contributed by atoms with Gasteiger partial charge in [0.1, 0.15) is 5.75 Å². The van der Waals surface area contributed by atoms with Crippen molar-refractivity contribution in [1.29, 1.82) is 5.26 Å². The molecule has 18 heavy (non-hydrogen) atoms. The zero-order valence-electron chi connectivity index (χ0n) is 11.0. The molecule has 0 atom stereocenters. The minimum atomic E-state index is 0.601. The van der Waals surface area contributed by atoms with E-state index in [-0.39, 0.29) is 0 Å². The lowest BCUT2D eigenvalue weighted by molar-refractivity contribution is 0.266. The summed E-state index contributed by atoms with van der Waals surface area (Å²) >= 11 is 0. The van der Waals surface area contributed by atoms with Gasteiger partial charge < -0.3 is 9.47 Å². The van der Waals surface area contributed by atoms with E-state index in [1.807, 2.05) is 19.1 Å². The molecule has 0 aliphatic rings. The number of methoxy groups -OCH3 is 1. The van der Waals surface area contributed by atoms with Gasteiger partial charge in [-0.25, -0.2) is 0 Å². The van der Waals surface area contributed by atoms with Crippen LogP contribution < -0.4 is 4.74 Å². The fourth-order valence-electron chi connectivity index (χ4n) is 1.60. The first-order chi connectivity index (χ1) is 8.80. The first-order valence-electron chi connectivity index (χ1n) is 6.13. The Morgan fingerprint density at radius 1 is 1.33 bits per heavy atom. The second-order valence-corrected chi connectivity index (χ2v) is 3.91. The summed E-state index contributed by atoms with van der Waals surface area (Å²) in [5.41, 5.74) is 1.95. The number of hydrogen-bond donors (Lipinski definition) is 0. The highest BCUT2D eigenvalue weighted by molar-refractivity contribution is 5.27. The molecule has 0 radical (unpaired) electrons. The number of hydrogen-bond acceptors (Lipinski definition) is 3. The van der Waals surface area contributed by atoms with Gasteiger partial charge >= 0.3 is 0 Å². The van der Waals surface area contributed by atoms with E-state index in [2.05, 4.69) is 18.2 Å². The van der Waals surface area contributed by atoms with Crippen LogP contribution >= 0.6 is 0 Å². The van der Waals surface area contributed by atoms with Gasteiger partial charge in [0, 0.05) is 0 Å². The number of ether oxygens (including phenoxy) is 2. The highest BCUT2D eigenvalue weighted by Gasteiger charge is 1.99. The first-order valence-corrected chi connectivity index (χ1v) is 6.13. The second kappa shape index (κ2) is 8.19. The molecule has 1 aromatic carbocycles. The summed E-state index contributed by atoms with van der Waals surface area (Å²) in [5.74, 6) is 0.868. The average Bonchev–Trinajstić information content (AvgIpc) is 2.43. The molecule has 0 aliphatic carbocycles. The van der Waals surface area contributed by atoms with Gasteiger partial charge in [0.05, 0.1) is 31.6 Å². The molecule has 0 fully saturated rings. The fraction of sp³-hybridized carbons (Fsp3) is 0.400. The lowest BCUT2D eigenvalue weighted by Crippen LogP contribution is -1.90. The lowest BCUT2D eigenvalue weighted by Gasteiger charge is -2.03. The van der Waals surface area contributed by atoms with Crippen LogP contribution in [-0.2, 0) is 11.2 Å². The van der Waals surface area contributed by atoms with Crippen molar-refractivity contribution in [2.24, 2.45) is 0 Å². The molecule has 0 unspecified atom stereocenters. The van der Waals surface area contributed by atoms with Crippen LogP contribution in [-0.4, -0.2) is 13.7 Å². The summed E-state index contributed by atoms with van der Waals surface area (Å²) in [6.07, 6.45) is 4.21. The topological polar surface area (TPSA) is 42.2 Å². The summed E-state index contributed by atoms with van der Waals surface area (Å²) in [4.78, 5) is 0. The molecule has 1 aromatic rings. The summed E-state index contributed by atoms with van der Waals surface area (Å²) in [6, 6.07) is 10.2. The zero-order chi connectivity index (χ0) is 13.2. The fourth-order valence-corrected chi connectivity index (χ4v) is 1.60. The Labute approximate surface area is 109 Å². The highest BCUT2D eigenvalue weighted by atomic mass is 16.5. The number of nitrogens with zero attached hydrogens (tertiary/aromatic N) is 1. The van der Waals surface area contributed by atoms with Crippen LogP contribution in [0.5, 0.6) is 5.75 Å². The summed E-state index contributed by atoms with van der Waals surface area (Å²) in [6.45, 7) is 2.51. The lowest BCUT2D eigenvalue weighted by atomic mass is 10.1. The number of allylic oxidation sites excluding steroid dienone is 1. The molecule has 0 heterocycles. The Hall–Kier alpha value is -1.95. The summed E-state index contributed by atoms with van der Waals surface area (Å²) in [5, 5.41) is 8.90. The summed E-state index contributed by atoms with van der Waals surface area (Å²) < 4.78 is 10.2. The van der Waals surface area contributed by atoms with Crippen LogP contribution in [0.1, 0.15) is 25.3 Å². The van der Waals surface area contributed by atoms with Gasteiger partial charge in [0.2, 0.25) is 0 Å². The normalized spacial score (nSPS) is 10.8. The largest absolute Gasteiger partial charge is 0.500 e. The number of benzene rings is 1. The Balaban J connectivity index is 2.38. The molecule has 3 nitrogen and oxygen atoms in total. The minimum absolute atomic E-state index is 0.601. The van der Waals surface area contributed by atoms with Gasteiger partial charge in [-0.3, -0.25) is 0 Å². The molecule has 0 saturated heterocycles. The smallest absolute Gasteiger partial charge is 0.118 e. The van der Waals surface area contributed by atoms with Gasteiger partial charge in [-0.1, -0.05) is 12.1 Å². The van der Waals surface area contributed by atoms with Crippen molar-refractivity contribution in [2.75, 3.05) is 13.7 Å². The van der Waals surface area contributed by atoms with E-state index >= 15 is 0 Å². The van der Waals surface area contributed by atoms with Crippen LogP contribution in [0.3, 0.4) is 0 Å². The van der Waals surface area contributed by atoms with E-state index in [1.165, 1.54) is 5.56 Å². The maximum atomic E-state index is 8.90. The molecule has 0 amide bonds. The predicted octanol–water partition coefficient (Wildman–Crippen LogP) is 3.46. The van der Waals surface area contributed by atoms with Crippen LogP contribution in [0.15, 0.2) is 36.1 Å². The third-order valence-corrected chi connectivity index (χ3v) is 2.61. The molecule has 0 spiro atoms. The number of rotatable bonds is 7. The second-order valence-electron chi connectivity index (χ2n) is 3.91. The Morgan fingerprint density at radius 3 is 2.61 bits per heavy atom. The number of aryl methyl sites for hydroxylation is 1. The van der Waals surface area contributed by atoms with Crippen LogP contribution in [0, 0.1) is 11.3 Å². The van der Waals surface area contributed by atoms with Crippen LogP contribution in [0.2, 0.25) is 0 Å². The molecule has 0 saturated carbocycles. The van der Waals surface area contributed by atoms with Gasteiger partial charge in [-0.05, 0) is 43.9 Å².